The van der Waals surface area contributed by atoms with Crippen molar-refractivity contribution in [1.82, 2.24) is 9.78 Å². The molecule has 1 aromatic heterocycles. The van der Waals surface area contributed by atoms with E-state index in [2.05, 4.69) is 10.4 Å². The highest BCUT2D eigenvalue weighted by Crippen LogP contribution is 2.38. The van der Waals surface area contributed by atoms with Crippen molar-refractivity contribution in [2.24, 2.45) is 0 Å². The molecule has 0 saturated heterocycles. The lowest BCUT2D eigenvalue weighted by atomic mass is 9.95. The first-order chi connectivity index (χ1) is 18.9. The summed E-state index contributed by atoms with van der Waals surface area (Å²) in [4.78, 5) is 24.3. The van der Waals surface area contributed by atoms with E-state index in [-0.39, 0.29) is 11.5 Å². The van der Waals surface area contributed by atoms with Crippen LogP contribution in [-0.4, -0.2) is 26.8 Å². The predicted molar refractivity (Wildman–Crippen MR) is 149 cm³/mol. The van der Waals surface area contributed by atoms with Crippen molar-refractivity contribution in [3.8, 4) is 27.9 Å². The van der Waals surface area contributed by atoms with Crippen LogP contribution in [0.3, 0.4) is 0 Å². The number of halogens is 1. The van der Waals surface area contributed by atoms with Gasteiger partial charge in [-0.1, -0.05) is 48.5 Å². The summed E-state index contributed by atoms with van der Waals surface area (Å²) >= 11 is 0. The van der Waals surface area contributed by atoms with Gasteiger partial charge in [-0.05, 0) is 77.2 Å². The van der Waals surface area contributed by atoms with Crippen molar-refractivity contribution in [1.29, 1.82) is 0 Å². The molecule has 0 aliphatic carbocycles. The van der Waals surface area contributed by atoms with Crippen molar-refractivity contribution in [2.75, 3.05) is 5.32 Å². The van der Waals surface area contributed by atoms with E-state index in [4.69, 9.17) is 0 Å². The molecule has 0 saturated carbocycles. The number of fused-ring (bicyclic) bond motifs is 1. The van der Waals surface area contributed by atoms with Crippen molar-refractivity contribution in [3.05, 3.63) is 125 Å². The number of aromatic nitrogens is 2. The molecule has 6 nitrogen and oxygen atoms in total. The van der Waals surface area contributed by atoms with Crippen LogP contribution in [0, 0.1) is 12.7 Å². The molecule has 0 radical (unpaired) electrons. The molecule has 0 bridgehead atoms. The highest BCUT2D eigenvalue weighted by atomic mass is 19.1. The van der Waals surface area contributed by atoms with Crippen LogP contribution in [0.5, 0.6) is 0 Å². The Kier molecular flexibility index (Phi) is 5.88. The molecule has 4 aromatic carbocycles. The number of carbonyl (C=O) groups excluding carboxylic acids is 1. The predicted octanol–water partition coefficient (Wildman–Crippen LogP) is 6.84. The van der Waals surface area contributed by atoms with Gasteiger partial charge in [0, 0.05) is 29.1 Å². The monoisotopic (exact) mass is 515 g/mol. The van der Waals surface area contributed by atoms with Gasteiger partial charge in [0.1, 0.15) is 5.82 Å². The summed E-state index contributed by atoms with van der Waals surface area (Å²) in [7, 11) is 0. The van der Waals surface area contributed by atoms with Crippen LogP contribution in [0.25, 0.3) is 39.6 Å². The third-order valence-electron chi connectivity index (χ3n) is 6.86. The molecule has 1 aliphatic heterocycles. The van der Waals surface area contributed by atoms with Crippen LogP contribution in [0.15, 0.2) is 97.3 Å². The minimum Gasteiger partial charge on any atom is -0.478 e. The van der Waals surface area contributed by atoms with Crippen LogP contribution in [-0.2, 0) is 4.79 Å². The number of carboxylic acid groups (broad SMARTS) is 1. The molecular weight excluding hydrogens is 493 g/mol. The van der Waals surface area contributed by atoms with E-state index < -0.39 is 11.8 Å². The van der Waals surface area contributed by atoms with E-state index in [1.54, 1.807) is 42.1 Å². The SMILES string of the molecule is Cc1ccc(C=C2C(=O)Nc3cc(F)c(-c4ccc(-c5ccc(-n6cccn6)cc5)cc4)cc32)cc1C(=O)O. The first-order valence-corrected chi connectivity index (χ1v) is 12.3. The number of anilines is 1. The highest BCUT2D eigenvalue weighted by molar-refractivity contribution is 6.35. The molecule has 0 fully saturated rings. The zero-order chi connectivity index (χ0) is 27.1. The largest absolute Gasteiger partial charge is 0.478 e. The summed E-state index contributed by atoms with van der Waals surface area (Å²) in [6.07, 6.45) is 5.24. The second-order valence-electron chi connectivity index (χ2n) is 9.34. The molecule has 190 valence electrons. The number of carboxylic acids is 1. The first kappa shape index (κ1) is 24.1. The number of aryl methyl sites for hydroxylation is 1. The average Bonchev–Trinajstić information content (AvgIpc) is 3.58. The van der Waals surface area contributed by atoms with Gasteiger partial charge in [-0.15, -0.1) is 0 Å². The molecule has 0 unspecified atom stereocenters. The Labute approximate surface area is 223 Å². The molecule has 2 heterocycles. The Morgan fingerprint density at radius 2 is 1.62 bits per heavy atom. The smallest absolute Gasteiger partial charge is 0.335 e. The maximum atomic E-state index is 15.2. The molecule has 7 heteroatoms. The van der Waals surface area contributed by atoms with Gasteiger partial charge in [0.05, 0.1) is 16.9 Å². The van der Waals surface area contributed by atoms with Crippen LogP contribution in [0.1, 0.15) is 27.0 Å². The molecule has 1 aliphatic rings. The van der Waals surface area contributed by atoms with Crippen LogP contribution in [0.2, 0.25) is 0 Å². The highest BCUT2D eigenvalue weighted by Gasteiger charge is 2.26. The minimum absolute atomic E-state index is 0.166. The molecular formula is C32H22FN3O3. The van der Waals surface area contributed by atoms with Crippen molar-refractivity contribution in [2.45, 2.75) is 6.92 Å². The maximum Gasteiger partial charge on any atom is 0.335 e. The number of hydrogen-bond acceptors (Lipinski definition) is 3. The number of nitrogens with one attached hydrogen (secondary N) is 1. The normalized spacial score (nSPS) is 13.4. The number of aromatic carboxylic acids is 1. The van der Waals surface area contributed by atoms with E-state index in [0.717, 1.165) is 16.8 Å². The summed E-state index contributed by atoms with van der Waals surface area (Å²) in [5.41, 5.74) is 6.66. The van der Waals surface area contributed by atoms with Gasteiger partial charge in [0.2, 0.25) is 0 Å². The summed E-state index contributed by atoms with van der Waals surface area (Å²) in [5.74, 6) is -1.85. The lowest BCUT2D eigenvalue weighted by Gasteiger charge is -2.09. The van der Waals surface area contributed by atoms with Gasteiger partial charge in [0.15, 0.2) is 0 Å². The molecule has 5 aromatic rings. The maximum absolute atomic E-state index is 15.2. The van der Waals surface area contributed by atoms with Crippen molar-refractivity contribution in [3.63, 3.8) is 0 Å². The molecule has 0 atom stereocenters. The fraction of sp³-hybridized carbons (Fsp3) is 0.0312. The van der Waals surface area contributed by atoms with Crippen LogP contribution in [0.4, 0.5) is 10.1 Å². The number of benzene rings is 4. The van der Waals surface area contributed by atoms with Gasteiger partial charge in [-0.3, -0.25) is 4.79 Å². The fourth-order valence-electron chi connectivity index (χ4n) is 4.77. The van der Waals surface area contributed by atoms with E-state index in [0.29, 0.717) is 39.1 Å². The van der Waals surface area contributed by atoms with Crippen LogP contribution >= 0.6 is 0 Å². The van der Waals surface area contributed by atoms with Gasteiger partial charge >= 0.3 is 5.97 Å². The minimum atomic E-state index is -1.04. The van der Waals surface area contributed by atoms with Gasteiger partial charge in [0.25, 0.3) is 5.91 Å². The Bertz CT molecular complexity index is 1770. The number of hydrogen-bond donors (Lipinski definition) is 2. The third kappa shape index (κ3) is 4.51. The van der Waals surface area contributed by atoms with Gasteiger partial charge < -0.3 is 10.4 Å². The second kappa shape index (κ2) is 9.54. The first-order valence-electron chi connectivity index (χ1n) is 12.3. The Morgan fingerprint density at radius 1 is 0.923 bits per heavy atom. The Balaban J connectivity index is 1.32. The van der Waals surface area contributed by atoms with Gasteiger partial charge in [-0.2, -0.15) is 5.10 Å². The van der Waals surface area contributed by atoms with Crippen LogP contribution < -0.4 is 5.32 Å². The third-order valence-corrected chi connectivity index (χ3v) is 6.86. The van der Waals surface area contributed by atoms with E-state index >= 15 is 4.39 Å². The molecule has 2 N–H and O–H groups in total. The number of carbonyl (C=O) groups is 2. The summed E-state index contributed by atoms with van der Waals surface area (Å²) in [5, 5.41) is 16.4. The lowest BCUT2D eigenvalue weighted by Crippen LogP contribution is -2.04. The molecule has 1 amide bonds. The Morgan fingerprint density at radius 3 is 2.28 bits per heavy atom. The van der Waals surface area contributed by atoms with Crippen molar-refractivity contribution < 1.29 is 19.1 Å². The van der Waals surface area contributed by atoms with E-state index in [1.165, 1.54) is 12.1 Å². The fourth-order valence-corrected chi connectivity index (χ4v) is 4.77. The average molecular weight is 516 g/mol. The molecule has 6 rings (SSSR count). The van der Waals surface area contributed by atoms with E-state index in [9.17, 15) is 14.7 Å². The van der Waals surface area contributed by atoms with E-state index in [1.807, 2.05) is 60.8 Å². The summed E-state index contributed by atoms with van der Waals surface area (Å²) in [6.45, 7) is 1.72. The summed E-state index contributed by atoms with van der Waals surface area (Å²) < 4.78 is 16.9. The van der Waals surface area contributed by atoms with Crippen molar-refractivity contribution >= 4 is 29.2 Å². The zero-order valence-electron chi connectivity index (χ0n) is 20.9. The number of rotatable bonds is 5. The number of nitrogens with zero attached hydrogens (tertiary/aromatic N) is 2. The lowest BCUT2D eigenvalue weighted by molar-refractivity contribution is -0.110. The Hall–Kier alpha value is -5.30. The molecule has 39 heavy (non-hydrogen) atoms. The second-order valence-corrected chi connectivity index (χ2v) is 9.34. The quantitative estimate of drug-likeness (QED) is 0.251. The van der Waals surface area contributed by atoms with Gasteiger partial charge in [-0.25, -0.2) is 13.9 Å². The number of amides is 1. The topological polar surface area (TPSA) is 84.2 Å². The zero-order valence-corrected chi connectivity index (χ0v) is 20.9. The standard InChI is InChI=1S/C32H22FN3O3/c1-19-3-4-20(15-25(19)32(38)39)16-28-27-17-26(29(33)18-30(27)35-31(28)37)23-7-5-21(6-8-23)22-9-11-24(12-10-22)36-14-2-13-34-36/h2-18H,1H3,(H,35,37)(H,38,39). The molecule has 0 spiro atoms. The summed E-state index contributed by atoms with van der Waals surface area (Å²) in [6, 6.07) is 25.4.